The molecule has 136 valence electrons. The minimum absolute atomic E-state index is 0.325. The average Bonchev–Trinajstić information content (AvgIpc) is 2.58. The topological polar surface area (TPSA) is 63.3 Å². The number of nitrogen functional groups attached to an aromatic ring is 1. The zero-order valence-corrected chi connectivity index (χ0v) is 17.0. The highest BCUT2D eigenvalue weighted by Gasteiger charge is 2.19. The number of rotatable bonds is 4. The summed E-state index contributed by atoms with van der Waals surface area (Å²) < 4.78 is 0. The molecule has 3 nitrogen and oxygen atoms in total. The van der Waals surface area contributed by atoms with Crippen LogP contribution in [0.15, 0.2) is 6.07 Å². The molecule has 1 atom stereocenters. The number of carboxylic acid groups (broad SMARTS) is 1. The maximum atomic E-state index is 11.1. The second-order valence-electron chi connectivity index (χ2n) is 4.68. The largest absolute Gasteiger partial charge is 0.481 e. The van der Waals surface area contributed by atoms with Crippen molar-refractivity contribution in [3.8, 4) is 0 Å². The fourth-order valence-corrected chi connectivity index (χ4v) is 2.21. The second-order valence-corrected chi connectivity index (χ2v) is 4.68. The molecule has 3 N–H and O–H groups in total. The molecule has 0 heterocycles. The zero-order valence-electron chi connectivity index (χ0n) is 17.0. The van der Waals surface area contributed by atoms with Crippen molar-refractivity contribution >= 4 is 11.7 Å². The van der Waals surface area contributed by atoms with Crippen molar-refractivity contribution in [2.24, 2.45) is 5.92 Å². The molecule has 23 heavy (non-hydrogen) atoms. The molecular formula is C20H39NO2. The SMILES string of the molecule is CC.CC.CC.CCC(Cc1c(C)cc(C)c(N)c1C)C(=O)O. The normalized spacial score (nSPS) is 10.0. The van der Waals surface area contributed by atoms with Crippen LogP contribution in [0.4, 0.5) is 5.69 Å². The summed E-state index contributed by atoms with van der Waals surface area (Å²) in [5.41, 5.74) is 11.1. The Morgan fingerprint density at radius 3 is 1.83 bits per heavy atom. The molecule has 0 bridgehead atoms. The first kappa shape index (κ1) is 26.4. The Hall–Kier alpha value is -1.51. The van der Waals surface area contributed by atoms with Crippen molar-refractivity contribution in [2.75, 3.05) is 5.73 Å². The molecule has 0 spiro atoms. The molecule has 0 aliphatic rings. The van der Waals surface area contributed by atoms with Gasteiger partial charge < -0.3 is 10.8 Å². The van der Waals surface area contributed by atoms with Crippen molar-refractivity contribution in [3.05, 3.63) is 28.3 Å². The highest BCUT2D eigenvalue weighted by molar-refractivity contribution is 5.71. The van der Waals surface area contributed by atoms with Crippen molar-refractivity contribution < 1.29 is 9.90 Å². The van der Waals surface area contributed by atoms with E-state index in [9.17, 15) is 4.79 Å². The van der Waals surface area contributed by atoms with Crippen LogP contribution < -0.4 is 5.73 Å². The Bertz CT molecular complexity index is 440. The van der Waals surface area contributed by atoms with Gasteiger partial charge in [0.25, 0.3) is 0 Å². The molecule has 1 aromatic carbocycles. The van der Waals surface area contributed by atoms with E-state index in [1.54, 1.807) is 0 Å². The quantitative estimate of drug-likeness (QED) is 0.675. The number of nitrogens with two attached hydrogens (primary N) is 1. The molecule has 1 aromatic rings. The van der Waals surface area contributed by atoms with Gasteiger partial charge in [-0.1, -0.05) is 54.5 Å². The fraction of sp³-hybridized carbons (Fsp3) is 0.650. The van der Waals surface area contributed by atoms with E-state index in [0.717, 1.165) is 27.9 Å². The number of hydrogen-bond acceptors (Lipinski definition) is 2. The van der Waals surface area contributed by atoms with Crippen LogP contribution in [0.2, 0.25) is 0 Å². The lowest BCUT2D eigenvalue weighted by Crippen LogP contribution is -2.17. The Labute approximate surface area is 144 Å². The first-order valence-corrected chi connectivity index (χ1v) is 8.96. The van der Waals surface area contributed by atoms with Gasteiger partial charge in [-0.3, -0.25) is 4.79 Å². The van der Waals surface area contributed by atoms with Gasteiger partial charge in [0.2, 0.25) is 0 Å². The summed E-state index contributed by atoms with van der Waals surface area (Å²) >= 11 is 0. The number of hydrogen-bond donors (Lipinski definition) is 2. The number of carboxylic acids is 1. The molecule has 0 aliphatic heterocycles. The van der Waals surface area contributed by atoms with E-state index in [1.807, 2.05) is 75.3 Å². The van der Waals surface area contributed by atoms with E-state index in [1.165, 1.54) is 0 Å². The van der Waals surface area contributed by atoms with E-state index < -0.39 is 5.97 Å². The van der Waals surface area contributed by atoms with Crippen LogP contribution in [0.1, 0.15) is 77.1 Å². The number of benzene rings is 1. The lowest BCUT2D eigenvalue weighted by molar-refractivity contribution is -0.141. The van der Waals surface area contributed by atoms with E-state index >= 15 is 0 Å². The van der Waals surface area contributed by atoms with Crippen LogP contribution in [-0.4, -0.2) is 11.1 Å². The van der Waals surface area contributed by atoms with Crippen molar-refractivity contribution in [2.45, 2.75) is 82.1 Å². The predicted molar refractivity (Wildman–Crippen MR) is 104 cm³/mol. The molecule has 0 saturated carbocycles. The van der Waals surface area contributed by atoms with Gasteiger partial charge in [0.15, 0.2) is 0 Å². The Kier molecular flexibility index (Phi) is 17.7. The van der Waals surface area contributed by atoms with E-state index in [4.69, 9.17) is 10.8 Å². The minimum atomic E-state index is -0.731. The smallest absolute Gasteiger partial charge is 0.306 e. The van der Waals surface area contributed by atoms with Gasteiger partial charge in [-0.25, -0.2) is 0 Å². The van der Waals surface area contributed by atoms with Crippen LogP contribution in [0.3, 0.4) is 0 Å². The molecule has 0 amide bonds. The van der Waals surface area contributed by atoms with E-state index in [2.05, 4.69) is 0 Å². The summed E-state index contributed by atoms with van der Waals surface area (Å²) in [6.07, 6.45) is 1.20. The molecule has 3 heteroatoms. The van der Waals surface area contributed by atoms with Crippen molar-refractivity contribution in [3.63, 3.8) is 0 Å². The molecule has 1 unspecified atom stereocenters. The van der Waals surface area contributed by atoms with Crippen LogP contribution in [-0.2, 0) is 11.2 Å². The number of anilines is 1. The molecule has 0 aliphatic carbocycles. The van der Waals surface area contributed by atoms with Crippen LogP contribution >= 0.6 is 0 Å². The van der Waals surface area contributed by atoms with Gasteiger partial charge in [-0.05, 0) is 55.9 Å². The van der Waals surface area contributed by atoms with Gasteiger partial charge in [0, 0.05) is 5.69 Å². The van der Waals surface area contributed by atoms with E-state index in [0.29, 0.717) is 12.8 Å². The summed E-state index contributed by atoms with van der Waals surface area (Å²) in [5.74, 6) is -1.06. The third kappa shape index (κ3) is 8.63. The molecule has 0 fully saturated rings. The van der Waals surface area contributed by atoms with Gasteiger partial charge in [-0.15, -0.1) is 0 Å². The van der Waals surface area contributed by atoms with Crippen molar-refractivity contribution in [1.29, 1.82) is 0 Å². The molecular weight excluding hydrogens is 286 g/mol. The Morgan fingerprint density at radius 1 is 1.04 bits per heavy atom. The summed E-state index contributed by atoms with van der Waals surface area (Å²) in [7, 11) is 0. The zero-order chi connectivity index (χ0) is 19.2. The molecule has 0 radical (unpaired) electrons. The highest BCUT2D eigenvalue weighted by Crippen LogP contribution is 2.27. The van der Waals surface area contributed by atoms with Gasteiger partial charge in [-0.2, -0.15) is 0 Å². The summed E-state index contributed by atoms with van der Waals surface area (Å²) in [5, 5.41) is 9.11. The second kappa shape index (κ2) is 15.4. The maximum absolute atomic E-state index is 11.1. The summed E-state index contributed by atoms with van der Waals surface area (Å²) in [6.45, 7) is 19.9. The van der Waals surface area contributed by atoms with Gasteiger partial charge >= 0.3 is 5.97 Å². The summed E-state index contributed by atoms with van der Waals surface area (Å²) in [4.78, 5) is 11.1. The van der Waals surface area contributed by atoms with Crippen LogP contribution in [0.5, 0.6) is 0 Å². The maximum Gasteiger partial charge on any atom is 0.306 e. The number of aryl methyl sites for hydroxylation is 2. The number of carbonyl (C=O) groups is 1. The van der Waals surface area contributed by atoms with Gasteiger partial charge in [0.1, 0.15) is 0 Å². The minimum Gasteiger partial charge on any atom is -0.481 e. The lowest BCUT2D eigenvalue weighted by atomic mass is 9.89. The first-order chi connectivity index (χ1) is 10.9. The summed E-state index contributed by atoms with van der Waals surface area (Å²) in [6, 6.07) is 2.03. The fourth-order valence-electron chi connectivity index (χ4n) is 2.21. The Morgan fingerprint density at radius 2 is 1.48 bits per heavy atom. The molecule has 0 aromatic heterocycles. The van der Waals surface area contributed by atoms with Crippen LogP contribution in [0.25, 0.3) is 0 Å². The van der Waals surface area contributed by atoms with Gasteiger partial charge in [0.05, 0.1) is 5.92 Å². The van der Waals surface area contributed by atoms with E-state index in [-0.39, 0.29) is 5.92 Å². The lowest BCUT2D eigenvalue weighted by Gasteiger charge is -2.17. The molecule has 0 saturated heterocycles. The third-order valence-corrected chi connectivity index (χ3v) is 3.48. The monoisotopic (exact) mass is 325 g/mol. The predicted octanol–water partition coefficient (Wildman–Crippen LogP) is 5.93. The number of aliphatic carboxylic acids is 1. The highest BCUT2D eigenvalue weighted by atomic mass is 16.4. The van der Waals surface area contributed by atoms with Crippen molar-refractivity contribution in [1.82, 2.24) is 0 Å². The standard InChI is InChI=1S/C14H21NO2.3C2H6/c1-5-11(14(16)17)7-12-8(2)6-9(3)13(15)10(12)4;3*1-2/h6,11H,5,7,15H2,1-4H3,(H,16,17);3*1-2H3. The molecule has 1 rings (SSSR count). The average molecular weight is 326 g/mol. The Balaban J connectivity index is -0.000000595. The first-order valence-electron chi connectivity index (χ1n) is 8.96. The van der Waals surface area contributed by atoms with Crippen LogP contribution in [0, 0.1) is 26.7 Å². The third-order valence-electron chi connectivity index (χ3n) is 3.48.